The molecular formula is C12H21NO4S. The number of ketones is 1. The normalized spacial score (nSPS) is 17.8. The number of nitrogens with zero attached hydrogens (tertiary/aromatic N) is 1. The van der Waals surface area contributed by atoms with E-state index in [1.54, 1.807) is 4.90 Å². The molecular weight excluding hydrogens is 254 g/mol. The second kappa shape index (κ2) is 6.31. The Labute approximate surface area is 108 Å². The minimum absolute atomic E-state index is 0.00729. The van der Waals surface area contributed by atoms with Crippen LogP contribution in [0.15, 0.2) is 0 Å². The monoisotopic (exact) mass is 275 g/mol. The largest absolute Gasteiger partial charge is 0.342 e. The molecule has 18 heavy (non-hydrogen) atoms. The molecule has 0 aromatic rings. The molecule has 5 nitrogen and oxygen atoms in total. The van der Waals surface area contributed by atoms with Crippen molar-refractivity contribution in [2.75, 3.05) is 24.6 Å². The maximum Gasteiger partial charge on any atom is 0.237 e. The quantitative estimate of drug-likeness (QED) is 0.738. The maximum absolute atomic E-state index is 11.8. The molecule has 1 amide bonds. The minimum atomic E-state index is -3.45. The summed E-state index contributed by atoms with van der Waals surface area (Å²) in [4.78, 5) is 24.2. The molecule has 0 aliphatic carbocycles. The van der Waals surface area contributed by atoms with Crippen molar-refractivity contribution in [3.05, 3.63) is 0 Å². The van der Waals surface area contributed by atoms with Crippen LogP contribution < -0.4 is 0 Å². The van der Waals surface area contributed by atoms with E-state index in [1.165, 1.54) is 6.92 Å². The maximum atomic E-state index is 11.8. The van der Waals surface area contributed by atoms with E-state index in [1.807, 2.05) is 0 Å². The first-order valence-electron chi connectivity index (χ1n) is 6.28. The van der Waals surface area contributed by atoms with Gasteiger partial charge in [0.15, 0.2) is 9.84 Å². The topological polar surface area (TPSA) is 71.5 Å². The standard InChI is InChI=1S/C12H21NO4S/c1-10-3-6-13(7-4-10)12(15)9-18(16,17)8-5-11(2)14/h10H,3-9H2,1-2H3. The van der Waals surface area contributed by atoms with E-state index in [0.717, 1.165) is 12.8 Å². The molecule has 6 heteroatoms. The molecule has 0 saturated carbocycles. The Hall–Kier alpha value is -0.910. The summed E-state index contributed by atoms with van der Waals surface area (Å²) in [5, 5.41) is 0. The molecule has 0 radical (unpaired) electrons. The summed E-state index contributed by atoms with van der Waals surface area (Å²) in [6.45, 7) is 4.76. The van der Waals surface area contributed by atoms with Gasteiger partial charge in [0.1, 0.15) is 11.5 Å². The van der Waals surface area contributed by atoms with Crippen LogP contribution in [0.5, 0.6) is 0 Å². The highest BCUT2D eigenvalue weighted by atomic mass is 32.2. The summed E-state index contributed by atoms with van der Waals surface area (Å²) in [5.74, 6) is -0.584. The average Bonchev–Trinajstić information content (AvgIpc) is 2.27. The lowest BCUT2D eigenvalue weighted by Gasteiger charge is -2.30. The summed E-state index contributed by atoms with van der Waals surface area (Å²) < 4.78 is 23.3. The van der Waals surface area contributed by atoms with Gasteiger partial charge in [-0.05, 0) is 25.7 Å². The minimum Gasteiger partial charge on any atom is -0.342 e. The van der Waals surface area contributed by atoms with Gasteiger partial charge in [-0.2, -0.15) is 0 Å². The molecule has 1 aliphatic rings. The highest BCUT2D eigenvalue weighted by Crippen LogP contribution is 2.16. The fourth-order valence-electron chi connectivity index (χ4n) is 1.91. The van der Waals surface area contributed by atoms with Crippen molar-refractivity contribution in [2.45, 2.75) is 33.1 Å². The number of hydrogen-bond donors (Lipinski definition) is 0. The van der Waals surface area contributed by atoms with Gasteiger partial charge in [-0.15, -0.1) is 0 Å². The van der Waals surface area contributed by atoms with Crippen LogP contribution in [0.4, 0.5) is 0 Å². The van der Waals surface area contributed by atoms with Crippen molar-refractivity contribution < 1.29 is 18.0 Å². The van der Waals surface area contributed by atoms with Gasteiger partial charge in [0.25, 0.3) is 0 Å². The summed E-state index contributed by atoms with van der Waals surface area (Å²) in [6.07, 6.45) is 1.85. The highest BCUT2D eigenvalue weighted by molar-refractivity contribution is 7.92. The van der Waals surface area contributed by atoms with Gasteiger partial charge >= 0.3 is 0 Å². The number of hydrogen-bond acceptors (Lipinski definition) is 4. The zero-order chi connectivity index (χ0) is 13.8. The Morgan fingerprint density at radius 2 is 1.78 bits per heavy atom. The molecule has 1 heterocycles. The van der Waals surface area contributed by atoms with E-state index < -0.39 is 15.6 Å². The summed E-state index contributed by atoms with van der Waals surface area (Å²) in [5.41, 5.74) is 0. The number of carbonyl (C=O) groups excluding carboxylic acids is 2. The zero-order valence-corrected chi connectivity index (χ0v) is 11.8. The van der Waals surface area contributed by atoms with Gasteiger partial charge in [-0.1, -0.05) is 6.92 Å². The van der Waals surface area contributed by atoms with E-state index in [9.17, 15) is 18.0 Å². The predicted octanol–water partition coefficient (Wildman–Crippen LogP) is 0.639. The molecule has 0 atom stereocenters. The molecule has 0 N–H and O–H groups in total. The summed E-state index contributed by atoms with van der Waals surface area (Å²) in [6, 6.07) is 0. The first-order chi connectivity index (χ1) is 8.30. The number of piperidine rings is 1. The number of likely N-dealkylation sites (tertiary alicyclic amines) is 1. The first-order valence-corrected chi connectivity index (χ1v) is 8.10. The molecule has 1 aliphatic heterocycles. The second-order valence-electron chi connectivity index (χ2n) is 5.11. The van der Waals surface area contributed by atoms with Crippen LogP contribution in [0, 0.1) is 5.92 Å². The Morgan fingerprint density at radius 3 is 2.28 bits per heavy atom. The Morgan fingerprint density at radius 1 is 1.22 bits per heavy atom. The number of Topliss-reactive ketones (excluding diaryl/α,β-unsaturated/α-hetero) is 1. The lowest BCUT2D eigenvalue weighted by molar-refractivity contribution is -0.129. The van der Waals surface area contributed by atoms with Gasteiger partial charge in [-0.3, -0.25) is 9.59 Å². The molecule has 1 rings (SSSR count). The van der Waals surface area contributed by atoms with Crippen LogP contribution >= 0.6 is 0 Å². The number of rotatable bonds is 5. The van der Waals surface area contributed by atoms with E-state index in [-0.39, 0.29) is 23.9 Å². The Balaban J connectivity index is 2.46. The van der Waals surface area contributed by atoms with Crippen LogP contribution in [0.1, 0.15) is 33.1 Å². The van der Waals surface area contributed by atoms with Gasteiger partial charge in [0.2, 0.25) is 5.91 Å². The van der Waals surface area contributed by atoms with Crippen LogP contribution in [0.3, 0.4) is 0 Å². The Kier molecular flexibility index (Phi) is 5.31. The molecule has 1 saturated heterocycles. The summed E-state index contributed by atoms with van der Waals surface area (Å²) in [7, 11) is -3.45. The molecule has 0 bridgehead atoms. The number of amides is 1. The van der Waals surface area contributed by atoms with E-state index in [2.05, 4.69) is 6.92 Å². The molecule has 0 aromatic heterocycles. The Bertz CT molecular complexity index is 408. The fraction of sp³-hybridized carbons (Fsp3) is 0.833. The second-order valence-corrected chi connectivity index (χ2v) is 7.29. The van der Waals surface area contributed by atoms with Crippen LogP contribution in [-0.2, 0) is 19.4 Å². The molecule has 104 valence electrons. The molecule has 1 fully saturated rings. The number of sulfone groups is 1. The van der Waals surface area contributed by atoms with Gasteiger partial charge in [0.05, 0.1) is 5.75 Å². The fourth-order valence-corrected chi connectivity index (χ4v) is 3.21. The van der Waals surface area contributed by atoms with Crippen molar-refractivity contribution in [1.29, 1.82) is 0 Å². The van der Waals surface area contributed by atoms with Crippen LogP contribution in [-0.4, -0.2) is 49.6 Å². The number of carbonyl (C=O) groups is 2. The summed E-state index contributed by atoms with van der Waals surface area (Å²) >= 11 is 0. The third kappa shape index (κ3) is 5.16. The van der Waals surface area contributed by atoms with Crippen LogP contribution in [0.25, 0.3) is 0 Å². The lowest BCUT2D eigenvalue weighted by Crippen LogP contribution is -2.41. The first kappa shape index (κ1) is 15.1. The SMILES string of the molecule is CC(=O)CCS(=O)(=O)CC(=O)N1CCC(C)CC1. The van der Waals surface area contributed by atoms with Gasteiger partial charge < -0.3 is 4.90 Å². The van der Waals surface area contributed by atoms with E-state index >= 15 is 0 Å². The van der Waals surface area contributed by atoms with Gasteiger partial charge in [-0.25, -0.2) is 8.42 Å². The van der Waals surface area contributed by atoms with E-state index in [4.69, 9.17) is 0 Å². The third-order valence-electron chi connectivity index (χ3n) is 3.24. The lowest BCUT2D eigenvalue weighted by atomic mass is 9.99. The van der Waals surface area contributed by atoms with Crippen LogP contribution in [0.2, 0.25) is 0 Å². The highest BCUT2D eigenvalue weighted by Gasteiger charge is 2.24. The van der Waals surface area contributed by atoms with Crippen molar-refractivity contribution in [3.8, 4) is 0 Å². The van der Waals surface area contributed by atoms with Gasteiger partial charge in [0, 0.05) is 19.5 Å². The molecule has 0 aromatic carbocycles. The zero-order valence-electron chi connectivity index (χ0n) is 11.0. The molecule has 0 unspecified atom stereocenters. The smallest absolute Gasteiger partial charge is 0.237 e. The van der Waals surface area contributed by atoms with Crippen molar-refractivity contribution in [1.82, 2.24) is 4.90 Å². The third-order valence-corrected chi connectivity index (χ3v) is 4.76. The van der Waals surface area contributed by atoms with E-state index in [0.29, 0.717) is 19.0 Å². The molecule has 0 spiro atoms. The van der Waals surface area contributed by atoms with Crippen molar-refractivity contribution >= 4 is 21.5 Å². The predicted molar refractivity (Wildman–Crippen MR) is 68.9 cm³/mol. The van der Waals surface area contributed by atoms with Crippen molar-refractivity contribution in [3.63, 3.8) is 0 Å². The average molecular weight is 275 g/mol. The van der Waals surface area contributed by atoms with Crippen molar-refractivity contribution in [2.24, 2.45) is 5.92 Å².